The number of carboxylic acid groups (broad SMARTS) is 1. The van der Waals surface area contributed by atoms with Gasteiger partial charge in [-0.2, -0.15) is 18.3 Å². The van der Waals surface area contributed by atoms with E-state index in [9.17, 15) is 27.9 Å². The fraction of sp³-hybridized carbons (Fsp3) is 0.423. The number of hydrogen-bond acceptors (Lipinski definition) is 4. The normalized spacial score (nSPS) is 17.9. The first kappa shape index (κ1) is 26.3. The highest BCUT2D eigenvalue weighted by Crippen LogP contribution is 2.49. The van der Waals surface area contributed by atoms with E-state index in [-0.39, 0.29) is 23.3 Å². The second-order valence-electron chi connectivity index (χ2n) is 9.33. The second-order valence-corrected chi connectivity index (χ2v) is 9.33. The number of aliphatic carboxylic acids is 1. The zero-order valence-corrected chi connectivity index (χ0v) is 20.7. The van der Waals surface area contributed by atoms with Gasteiger partial charge in [0.05, 0.1) is 36.2 Å². The lowest BCUT2D eigenvalue weighted by Crippen LogP contribution is -2.22. The standard InChI is InChI=1S/C26H29F3N4O4/c1-4-15(2)33-17(9-10-37-18-13-30-32(3)14-18)6-8-23(33)24(34)31-22-11-16(19-12-20(19)25(35)36)5-7-21(22)26(27,28)29/h5-8,11,13-15,19-20H,4,9-10,12H2,1-3H3,(H,31,34)(H,35,36)/t15?,19-,20-/m1/s1. The zero-order chi connectivity index (χ0) is 26.9. The first-order valence-corrected chi connectivity index (χ1v) is 12.1. The molecule has 1 unspecified atom stereocenters. The van der Waals surface area contributed by atoms with Crippen LogP contribution < -0.4 is 10.1 Å². The molecule has 3 atom stereocenters. The minimum absolute atomic E-state index is 0.0830. The minimum Gasteiger partial charge on any atom is -0.490 e. The van der Waals surface area contributed by atoms with Crippen molar-refractivity contribution in [1.29, 1.82) is 0 Å². The Morgan fingerprint density at radius 3 is 2.62 bits per heavy atom. The van der Waals surface area contributed by atoms with Crippen molar-refractivity contribution in [2.75, 3.05) is 11.9 Å². The molecule has 1 aliphatic rings. The quantitative estimate of drug-likeness (QED) is 0.381. The first-order chi connectivity index (χ1) is 17.5. The minimum atomic E-state index is -4.69. The van der Waals surface area contributed by atoms with Gasteiger partial charge in [-0.3, -0.25) is 14.3 Å². The van der Waals surface area contributed by atoms with E-state index < -0.39 is 29.5 Å². The van der Waals surface area contributed by atoms with E-state index in [4.69, 9.17) is 4.74 Å². The number of nitrogens with one attached hydrogen (secondary N) is 1. The molecule has 1 fully saturated rings. The number of amides is 1. The molecule has 0 bridgehead atoms. The van der Waals surface area contributed by atoms with Crippen LogP contribution in [0.4, 0.5) is 18.9 Å². The van der Waals surface area contributed by atoms with Crippen molar-refractivity contribution in [2.45, 2.75) is 51.2 Å². The number of ether oxygens (including phenoxy) is 1. The van der Waals surface area contributed by atoms with Crippen LogP contribution in [-0.2, 0) is 24.4 Å². The van der Waals surface area contributed by atoms with Gasteiger partial charge in [0, 0.05) is 25.2 Å². The summed E-state index contributed by atoms with van der Waals surface area (Å²) in [6.07, 6.45) is 0.180. The Labute approximate surface area is 212 Å². The smallest absolute Gasteiger partial charge is 0.418 e. The Balaban J connectivity index is 1.57. The van der Waals surface area contributed by atoms with Gasteiger partial charge in [0.2, 0.25) is 0 Å². The van der Waals surface area contributed by atoms with Crippen molar-refractivity contribution in [2.24, 2.45) is 13.0 Å². The lowest BCUT2D eigenvalue weighted by molar-refractivity contribution is -0.139. The Hall–Kier alpha value is -3.76. The van der Waals surface area contributed by atoms with Gasteiger partial charge in [-0.15, -0.1) is 0 Å². The van der Waals surface area contributed by atoms with Gasteiger partial charge in [0.1, 0.15) is 5.69 Å². The van der Waals surface area contributed by atoms with E-state index in [0.717, 1.165) is 11.8 Å². The van der Waals surface area contributed by atoms with Crippen molar-refractivity contribution in [3.8, 4) is 5.75 Å². The summed E-state index contributed by atoms with van der Waals surface area (Å²) in [4.78, 5) is 24.5. The predicted molar refractivity (Wildman–Crippen MR) is 130 cm³/mol. The summed E-state index contributed by atoms with van der Waals surface area (Å²) in [6.45, 7) is 4.23. The summed E-state index contributed by atoms with van der Waals surface area (Å²) in [5.41, 5.74) is 0.143. The Bertz CT molecular complexity index is 1300. The highest BCUT2D eigenvalue weighted by atomic mass is 19.4. The number of carbonyl (C=O) groups excluding carboxylic acids is 1. The summed E-state index contributed by atoms with van der Waals surface area (Å²) < 4.78 is 50.4. The van der Waals surface area contributed by atoms with Crippen LogP contribution in [0.2, 0.25) is 0 Å². The summed E-state index contributed by atoms with van der Waals surface area (Å²) in [5, 5.41) is 15.7. The van der Waals surface area contributed by atoms with E-state index in [0.29, 0.717) is 37.2 Å². The summed E-state index contributed by atoms with van der Waals surface area (Å²) in [6, 6.07) is 6.72. The molecule has 2 aromatic heterocycles. The number of anilines is 1. The van der Waals surface area contributed by atoms with Gasteiger partial charge in [-0.25, -0.2) is 0 Å². The number of nitrogens with zero attached hydrogens (tertiary/aromatic N) is 3. The molecule has 2 N–H and O–H groups in total. The topological polar surface area (TPSA) is 98.4 Å². The average molecular weight is 519 g/mol. The Morgan fingerprint density at radius 2 is 2.03 bits per heavy atom. The third-order valence-corrected chi connectivity index (χ3v) is 6.71. The number of aromatic nitrogens is 3. The number of rotatable bonds is 10. The van der Waals surface area contributed by atoms with Gasteiger partial charge in [-0.05, 0) is 55.5 Å². The van der Waals surface area contributed by atoms with Gasteiger partial charge >= 0.3 is 12.1 Å². The molecule has 198 valence electrons. The van der Waals surface area contributed by atoms with Gasteiger partial charge < -0.3 is 19.7 Å². The van der Waals surface area contributed by atoms with E-state index in [1.54, 1.807) is 36.3 Å². The molecule has 4 rings (SSSR count). The SMILES string of the molecule is CCC(C)n1c(CCOc2cnn(C)c2)ccc1C(=O)Nc1cc([C@H]2C[C@H]2C(=O)O)ccc1C(F)(F)F. The van der Waals surface area contributed by atoms with Crippen molar-refractivity contribution in [3.05, 3.63) is 65.2 Å². The van der Waals surface area contributed by atoms with E-state index in [1.807, 2.05) is 18.4 Å². The van der Waals surface area contributed by atoms with Crippen LogP contribution in [0, 0.1) is 5.92 Å². The van der Waals surface area contributed by atoms with Crippen molar-refractivity contribution in [3.63, 3.8) is 0 Å². The van der Waals surface area contributed by atoms with Crippen LogP contribution in [0.5, 0.6) is 5.75 Å². The van der Waals surface area contributed by atoms with Crippen molar-refractivity contribution < 1.29 is 32.6 Å². The molecule has 0 radical (unpaired) electrons. The largest absolute Gasteiger partial charge is 0.490 e. The fourth-order valence-electron chi connectivity index (χ4n) is 4.49. The molecule has 1 saturated carbocycles. The number of carboxylic acids is 1. The number of benzene rings is 1. The predicted octanol–water partition coefficient (Wildman–Crippen LogP) is 5.27. The maximum Gasteiger partial charge on any atom is 0.418 e. The molecule has 0 aliphatic heterocycles. The number of aryl methyl sites for hydroxylation is 1. The molecular formula is C26H29F3N4O4. The summed E-state index contributed by atoms with van der Waals surface area (Å²) in [7, 11) is 1.78. The van der Waals surface area contributed by atoms with E-state index in [1.165, 1.54) is 12.1 Å². The molecule has 1 aliphatic carbocycles. The van der Waals surface area contributed by atoms with Crippen LogP contribution >= 0.6 is 0 Å². The van der Waals surface area contributed by atoms with Crippen LogP contribution in [0.1, 0.15) is 66.0 Å². The molecule has 37 heavy (non-hydrogen) atoms. The molecule has 8 nitrogen and oxygen atoms in total. The number of carbonyl (C=O) groups is 2. The summed E-state index contributed by atoms with van der Waals surface area (Å²) >= 11 is 0. The lowest BCUT2D eigenvalue weighted by atomic mass is 10.0. The van der Waals surface area contributed by atoms with E-state index >= 15 is 0 Å². The Kier molecular flexibility index (Phi) is 7.33. The molecule has 0 spiro atoms. The molecule has 0 saturated heterocycles. The highest BCUT2D eigenvalue weighted by molar-refractivity contribution is 6.04. The summed E-state index contributed by atoms with van der Waals surface area (Å²) in [5.74, 6) is -2.04. The molecule has 3 aromatic rings. The fourth-order valence-corrected chi connectivity index (χ4v) is 4.49. The van der Waals surface area contributed by atoms with Crippen LogP contribution in [0.15, 0.2) is 42.7 Å². The zero-order valence-electron chi connectivity index (χ0n) is 20.7. The number of alkyl halides is 3. The van der Waals surface area contributed by atoms with Crippen molar-refractivity contribution in [1.82, 2.24) is 14.3 Å². The van der Waals surface area contributed by atoms with E-state index in [2.05, 4.69) is 10.4 Å². The van der Waals surface area contributed by atoms with Crippen LogP contribution in [-0.4, -0.2) is 37.9 Å². The third-order valence-electron chi connectivity index (χ3n) is 6.71. The van der Waals surface area contributed by atoms with Gasteiger partial charge in [-0.1, -0.05) is 13.0 Å². The lowest BCUT2D eigenvalue weighted by Gasteiger charge is -2.20. The monoisotopic (exact) mass is 518 g/mol. The van der Waals surface area contributed by atoms with Crippen molar-refractivity contribution >= 4 is 17.6 Å². The molecule has 1 aromatic carbocycles. The molecule has 11 heteroatoms. The number of hydrogen-bond donors (Lipinski definition) is 2. The number of halogens is 3. The molecule has 1 amide bonds. The maximum atomic E-state index is 13.7. The van der Waals surface area contributed by atoms with Gasteiger partial charge in [0.15, 0.2) is 5.75 Å². The average Bonchev–Trinajstić information content (AvgIpc) is 3.38. The first-order valence-electron chi connectivity index (χ1n) is 12.1. The Morgan fingerprint density at radius 1 is 1.27 bits per heavy atom. The van der Waals surface area contributed by atoms with Gasteiger partial charge in [0.25, 0.3) is 5.91 Å². The molecule has 2 heterocycles. The molecular weight excluding hydrogens is 489 g/mol. The third kappa shape index (κ3) is 5.81. The maximum absolute atomic E-state index is 13.7. The van der Waals surface area contributed by atoms with Crippen LogP contribution in [0.3, 0.4) is 0 Å². The van der Waals surface area contributed by atoms with Crippen LogP contribution in [0.25, 0.3) is 0 Å². The second kappa shape index (κ2) is 10.3. The highest BCUT2D eigenvalue weighted by Gasteiger charge is 2.45.